The van der Waals surface area contributed by atoms with Crippen molar-refractivity contribution in [3.05, 3.63) is 22.3 Å². The number of halogens is 1. The maximum Gasteiger partial charge on any atom is 0.103 e. The van der Waals surface area contributed by atoms with E-state index in [9.17, 15) is 4.39 Å². The molecule has 0 aliphatic rings. The fourth-order valence-corrected chi connectivity index (χ4v) is 0.451. The van der Waals surface area contributed by atoms with Gasteiger partial charge in [0.1, 0.15) is 5.83 Å². The zero-order valence-electron chi connectivity index (χ0n) is 5.29. The lowest BCUT2D eigenvalue weighted by atomic mass is 10.5. The quantitative estimate of drug-likeness (QED) is 0.289. The van der Waals surface area contributed by atoms with Crippen LogP contribution in [0.15, 0.2) is 17.0 Å². The molecule has 0 saturated carbocycles. The van der Waals surface area contributed by atoms with Crippen LogP contribution in [0.5, 0.6) is 0 Å². The summed E-state index contributed by atoms with van der Waals surface area (Å²) >= 11 is 0. The summed E-state index contributed by atoms with van der Waals surface area (Å²) in [5.74, 6) is -0.423. The van der Waals surface area contributed by atoms with Crippen LogP contribution < -0.4 is 5.09 Å². The van der Waals surface area contributed by atoms with E-state index >= 15 is 0 Å². The van der Waals surface area contributed by atoms with Crippen molar-refractivity contribution in [3.63, 3.8) is 0 Å². The summed E-state index contributed by atoms with van der Waals surface area (Å²) in [4.78, 5) is 2.40. The lowest BCUT2D eigenvalue weighted by Gasteiger charge is -1.89. The molecule has 0 aromatic heterocycles. The summed E-state index contributed by atoms with van der Waals surface area (Å²) in [6.07, 6.45) is 1.31. The number of hydrogen-bond acceptors (Lipinski definition) is 2. The Bertz CT molecular complexity index is 163. The number of rotatable bonds is 4. The lowest BCUT2D eigenvalue weighted by Crippen LogP contribution is -1.96. The van der Waals surface area contributed by atoms with Crippen LogP contribution in [0.4, 0.5) is 4.39 Å². The molecule has 0 fully saturated rings. The van der Waals surface area contributed by atoms with Crippen LogP contribution in [0.1, 0.15) is 0 Å². The molecule has 6 heteroatoms. The average Bonchev–Trinajstić information content (AvgIpc) is 1.97. The van der Waals surface area contributed by atoms with E-state index in [0.29, 0.717) is 6.54 Å². The van der Waals surface area contributed by atoms with E-state index in [1.54, 1.807) is 0 Å². The monoisotopic (exact) mass is 162 g/mol. The normalized spacial score (nSPS) is 10.8. The molecule has 0 spiro atoms. The van der Waals surface area contributed by atoms with Crippen LogP contribution in [-0.2, 0) is 0 Å². The van der Waals surface area contributed by atoms with Crippen LogP contribution in [0.25, 0.3) is 10.4 Å². The molecular formula is C4H8FN4P. The van der Waals surface area contributed by atoms with Crippen molar-refractivity contribution in [2.75, 3.05) is 13.1 Å². The van der Waals surface area contributed by atoms with Crippen molar-refractivity contribution in [1.82, 2.24) is 5.09 Å². The highest BCUT2D eigenvalue weighted by molar-refractivity contribution is 7.13. The maximum absolute atomic E-state index is 12.3. The molecule has 0 aliphatic carbocycles. The zero-order chi connectivity index (χ0) is 7.82. The Hall–Kier alpha value is -0.630. The first-order valence-corrected chi connectivity index (χ1v) is 3.18. The first-order chi connectivity index (χ1) is 4.81. The molecule has 0 heterocycles. The van der Waals surface area contributed by atoms with Gasteiger partial charge in [0, 0.05) is 11.5 Å². The summed E-state index contributed by atoms with van der Waals surface area (Å²) in [6.45, 7) is 0.209. The van der Waals surface area contributed by atoms with Crippen molar-refractivity contribution < 1.29 is 4.39 Å². The first kappa shape index (κ1) is 9.37. The minimum Gasteiger partial charge on any atom is -0.297 e. The summed E-state index contributed by atoms with van der Waals surface area (Å²) < 4.78 is 12.3. The standard InChI is InChI=1S/C4H8FN4P/c5-4(1-2-8-10)3-7-9-6/h1,8H,2-3,10H2/b4-1-. The van der Waals surface area contributed by atoms with Crippen LogP contribution in [0.2, 0.25) is 0 Å². The Labute approximate surface area is 60.4 Å². The van der Waals surface area contributed by atoms with Gasteiger partial charge in [0.25, 0.3) is 0 Å². The molecule has 0 bridgehead atoms. The number of azide groups is 1. The van der Waals surface area contributed by atoms with E-state index in [2.05, 4.69) is 24.5 Å². The largest absolute Gasteiger partial charge is 0.297 e. The van der Waals surface area contributed by atoms with Gasteiger partial charge in [0.15, 0.2) is 0 Å². The molecule has 4 nitrogen and oxygen atoms in total. The van der Waals surface area contributed by atoms with Crippen molar-refractivity contribution in [3.8, 4) is 0 Å². The predicted molar refractivity (Wildman–Crippen MR) is 40.9 cm³/mol. The van der Waals surface area contributed by atoms with Crippen LogP contribution in [0, 0.1) is 0 Å². The van der Waals surface area contributed by atoms with Gasteiger partial charge in [-0.2, -0.15) is 0 Å². The van der Waals surface area contributed by atoms with Crippen molar-refractivity contribution in [2.24, 2.45) is 5.11 Å². The van der Waals surface area contributed by atoms with Gasteiger partial charge in [-0.3, -0.25) is 5.09 Å². The van der Waals surface area contributed by atoms with Crippen LogP contribution >= 0.6 is 9.39 Å². The Morgan fingerprint density at radius 1 is 1.90 bits per heavy atom. The Morgan fingerprint density at radius 3 is 3.10 bits per heavy atom. The molecule has 1 unspecified atom stereocenters. The molecule has 1 atom stereocenters. The molecule has 0 aromatic carbocycles. The number of hydrogen-bond donors (Lipinski definition) is 1. The van der Waals surface area contributed by atoms with E-state index in [1.165, 1.54) is 6.08 Å². The van der Waals surface area contributed by atoms with Gasteiger partial charge in [0.05, 0.1) is 6.54 Å². The third-order valence-corrected chi connectivity index (χ3v) is 0.962. The van der Waals surface area contributed by atoms with Crippen LogP contribution in [0.3, 0.4) is 0 Å². The van der Waals surface area contributed by atoms with Crippen molar-refractivity contribution >= 4 is 9.39 Å². The molecular weight excluding hydrogens is 154 g/mol. The molecule has 0 amide bonds. The van der Waals surface area contributed by atoms with Gasteiger partial charge in [-0.1, -0.05) is 14.5 Å². The van der Waals surface area contributed by atoms with Gasteiger partial charge in [0.2, 0.25) is 0 Å². The molecule has 0 aromatic rings. The minimum absolute atomic E-state index is 0.206. The zero-order valence-corrected chi connectivity index (χ0v) is 6.44. The second-order valence-corrected chi connectivity index (χ2v) is 1.86. The van der Waals surface area contributed by atoms with Crippen LogP contribution in [-0.4, -0.2) is 13.1 Å². The smallest absolute Gasteiger partial charge is 0.103 e. The highest BCUT2D eigenvalue weighted by Crippen LogP contribution is 1.95. The van der Waals surface area contributed by atoms with Gasteiger partial charge in [-0.15, -0.1) is 0 Å². The predicted octanol–water partition coefficient (Wildman–Crippen LogP) is 1.53. The first-order valence-electron chi connectivity index (χ1n) is 2.60. The molecule has 56 valence electrons. The Balaban J connectivity index is 3.59. The second-order valence-electron chi connectivity index (χ2n) is 1.45. The molecule has 0 saturated heterocycles. The van der Waals surface area contributed by atoms with E-state index in [-0.39, 0.29) is 6.54 Å². The topological polar surface area (TPSA) is 60.8 Å². The van der Waals surface area contributed by atoms with Gasteiger partial charge in [-0.25, -0.2) is 4.39 Å². The van der Waals surface area contributed by atoms with Gasteiger partial charge in [-0.05, 0) is 11.6 Å². The SMILES string of the molecule is [N-]=[N+]=NC/C(F)=C/CNP. The molecule has 0 aliphatic heterocycles. The van der Waals surface area contributed by atoms with E-state index in [1.807, 2.05) is 0 Å². The fourth-order valence-electron chi connectivity index (χ4n) is 0.333. The minimum atomic E-state index is -0.423. The highest BCUT2D eigenvalue weighted by atomic mass is 31.0. The maximum atomic E-state index is 12.3. The summed E-state index contributed by atoms with van der Waals surface area (Å²) in [6, 6.07) is 0. The Morgan fingerprint density at radius 2 is 2.60 bits per heavy atom. The third-order valence-electron chi connectivity index (χ3n) is 0.726. The third kappa shape index (κ3) is 5.51. The van der Waals surface area contributed by atoms with E-state index in [0.717, 1.165) is 0 Å². The average molecular weight is 162 g/mol. The van der Waals surface area contributed by atoms with Gasteiger partial charge < -0.3 is 0 Å². The fraction of sp³-hybridized carbons (Fsp3) is 0.500. The summed E-state index contributed by atoms with van der Waals surface area (Å²) in [5.41, 5.74) is 7.79. The summed E-state index contributed by atoms with van der Waals surface area (Å²) in [7, 11) is 2.23. The Kier molecular flexibility index (Phi) is 6.08. The molecule has 10 heavy (non-hydrogen) atoms. The number of nitrogens with one attached hydrogen (secondary N) is 1. The van der Waals surface area contributed by atoms with Gasteiger partial charge >= 0.3 is 0 Å². The van der Waals surface area contributed by atoms with E-state index < -0.39 is 5.83 Å². The van der Waals surface area contributed by atoms with Crippen molar-refractivity contribution in [2.45, 2.75) is 0 Å². The van der Waals surface area contributed by atoms with Crippen molar-refractivity contribution in [1.29, 1.82) is 0 Å². The highest BCUT2D eigenvalue weighted by Gasteiger charge is 1.88. The second kappa shape index (κ2) is 6.49. The van der Waals surface area contributed by atoms with E-state index in [4.69, 9.17) is 5.53 Å². The molecule has 0 radical (unpaired) electrons. The number of nitrogens with zero attached hydrogens (tertiary/aromatic N) is 3. The summed E-state index contributed by atoms with van der Waals surface area (Å²) in [5, 5.41) is 5.67. The lowest BCUT2D eigenvalue weighted by molar-refractivity contribution is 0.613. The molecule has 0 rings (SSSR count). The molecule has 1 N–H and O–H groups in total.